The summed E-state index contributed by atoms with van der Waals surface area (Å²) in [5, 5.41) is 6.79. The standard InChI is InChI=1S/C22H30N4O.HI/c1-23-22(24-11-10-19-6-3-2-4-7-19)25-17-20-8-5-9-21(16-20)18-26-12-14-27-15-13-26;/h2-9,16H,10-15,17-18H2,1H3,(H2,23,24,25);1H. The highest BCUT2D eigenvalue weighted by atomic mass is 127. The molecule has 1 saturated heterocycles. The third kappa shape index (κ3) is 7.77. The van der Waals surface area contributed by atoms with Crippen molar-refractivity contribution < 1.29 is 4.74 Å². The Labute approximate surface area is 185 Å². The Balaban J connectivity index is 0.00000280. The van der Waals surface area contributed by atoms with Gasteiger partial charge >= 0.3 is 0 Å². The van der Waals surface area contributed by atoms with Crippen molar-refractivity contribution in [3.63, 3.8) is 0 Å². The summed E-state index contributed by atoms with van der Waals surface area (Å²) in [6, 6.07) is 19.3. The Morgan fingerprint density at radius 1 is 0.964 bits per heavy atom. The number of hydrogen-bond acceptors (Lipinski definition) is 3. The third-order valence-corrected chi connectivity index (χ3v) is 4.73. The van der Waals surface area contributed by atoms with Crippen LogP contribution in [0.2, 0.25) is 0 Å². The Bertz CT molecular complexity index is 717. The van der Waals surface area contributed by atoms with E-state index in [-0.39, 0.29) is 24.0 Å². The van der Waals surface area contributed by atoms with Crippen LogP contribution in [0.4, 0.5) is 0 Å². The number of benzene rings is 2. The summed E-state index contributed by atoms with van der Waals surface area (Å²) >= 11 is 0. The second kappa shape index (κ2) is 12.7. The zero-order valence-corrected chi connectivity index (χ0v) is 18.9. The predicted octanol–water partition coefficient (Wildman–Crippen LogP) is 3.04. The fourth-order valence-electron chi connectivity index (χ4n) is 3.23. The minimum absolute atomic E-state index is 0. The van der Waals surface area contributed by atoms with Crippen LogP contribution in [0.15, 0.2) is 59.6 Å². The minimum atomic E-state index is 0. The van der Waals surface area contributed by atoms with Gasteiger partial charge in [-0.3, -0.25) is 9.89 Å². The zero-order valence-electron chi connectivity index (χ0n) is 16.6. The van der Waals surface area contributed by atoms with Gasteiger partial charge in [-0.1, -0.05) is 54.6 Å². The molecule has 0 aliphatic carbocycles. The summed E-state index contributed by atoms with van der Waals surface area (Å²) in [7, 11) is 1.81. The highest BCUT2D eigenvalue weighted by molar-refractivity contribution is 14.0. The molecule has 6 heteroatoms. The Morgan fingerprint density at radius 3 is 2.43 bits per heavy atom. The Morgan fingerprint density at radius 2 is 1.68 bits per heavy atom. The lowest BCUT2D eigenvalue weighted by molar-refractivity contribution is 0.0342. The van der Waals surface area contributed by atoms with Gasteiger partial charge in [-0.25, -0.2) is 0 Å². The number of guanidine groups is 1. The summed E-state index contributed by atoms with van der Waals surface area (Å²) in [5.41, 5.74) is 3.95. The molecule has 152 valence electrons. The average molecular weight is 494 g/mol. The lowest BCUT2D eigenvalue weighted by Gasteiger charge is -2.26. The second-order valence-corrected chi connectivity index (χ2v) is 6.80. The molecule has 0 amide bonds. The van der Waals surface area contributed by atoms with Crippen molar-refractivity contribution in [3.05, 3.63) is 71.3 Å². The molecule has 1 heterocycles. The van der Waals surface area contributed by atoms with E-state index in [9.17, 15) is 0 Å². The first-order chi connectivity index (χ1) is 13.3. The van der Waals surface area contributed by atoms with Crippen molar-refractivity contribution in [1.29, 1.82) is 0 Å². The summed E-state index contributed by atoms with van der Waals surface area (Å²) < 4.78 is 5.43. The summed E-state index contributed by atoms with van der Waals surface area (Å²) in [6.45, 7) is 6.32. The van der Waals surface area contributed by atoms with Gasteiger partial charge in [-0.2, -0.15) is 0 Å². The van der Waals surface area contributed by atoms with Gasteiger partial charge in [0.1, 0.15) is 0 Å². The maximum atomic E-state index is 5.43. The number of morpholine rings is 1. The predicted molar refractivity (Wildman–Crippen MR) is 126 cm³/mol. The molecule has 5 nitrogen and oxygen atoms in total. The van der Waals surface area contributed by atoms with Gasteiger partial charge in [-0.15, -0.1) is 24.0 Å². The van der Waals surface area contributed by atoms with Crippen LogP contribution in [-0.4, -0.2) is 50.8 Å². The van der Waals surface area contributed by atoms with Crippen LogP contribution in [0.25, 0.3) is 0 Å². The number of hydrogen-bond donors (Lipinski definition) is 2. The number of rotatable bonds is 7. The largest absolute Gasteiger partial charge is 0.379 e. The van der Waals surface area contributed by atoms with E-state index in [1.165, 1.54) is 16.7 Å². The van der Waals surface area contributed by atoms with Crippen LogP contribution in [0.1, 0.15) is 16.7 Å². The maximum Gasteiger partial charge on any atom is 0.191 e. The zero-order chi connectivity index (χ0) is 18.7. The molecule has 2 aromatic carbocycles. The van der Waals surface area contributed by atoms with E-state index in [0.717, 1.165) is 58.3 Å². The molecule has 28 heavy (non-hydrogen) atoms. The third-order valence-electron chi connectivity index (χ3n) is 4.73. The lowest BCUT2D eigenvalue weighted by atomic mass is 10.1. The molecular weight excluding hydrogens is 463 g/mol. The van der Waals surface area contributed by atoms with Gasteiger partial charge in [0.2, 0.25) is 0 Å². The lowest BCUT2D eigenvalue weighted by Crippen LogP contribution is -2.38. The van der Waals surface area contributed by atoms with Crippen molar-refractivity contribution in [3.8, 4) is 0 Å². The molecule has 1 aliphatic heterocycles. The molecule has 1 aliphatic rings. The van der Waals surface area contributed by atoms with Crippen molar-refractivity contribution in [2.75, 3.05) is 39.9 Å². The van der Waals surface area contributed by atoms with Crippen molar-refractivity contribution in [1.82, 2.24) is 15.5 Å². The minimum Gasteiger partial charge on any atom is -0.379 e. The van der Waals surface area contributed by atoms with Crippen molar-refractivity contribution in [2.24, 2.45) is 4.99 Å². The van der Waals surface area contributed by atoms with Crippen LogP contribution in [0, 0.1) is 0 Å². The van der Waals surface area contributed by atoms with Gasteiger partial charge in [0.25, 0.3) is 0 Å². The van der Waals surface area contributed by atoms with E-state index in [0.29, 0.717) is 0 Å². The highest BCUT2D eigenvalue weighted by Gasteiger charge is 2.10. The molecule has 2 N–H and O–H groups in total. The summed E-state index contributed by atoms with van der Waals surface area (Å²) in [5.74, 6) is 0.838. The maximum absolute atomic E-state index is 5.43. The normalized spacial score (nSPS) is 15.0. The first-order valence-electron chi connectivity index (χ1n) is 9.70. The van der Waals surface area contributed by atoms with E-state index in [1.54, 1.807) is 0 Å². The molecule has 0 saturated carbocycles. The molecule has 0 aromatic heterocycles. The van der Waals surface area contributed by atoms with Crippen LogP contribution >= 0.6 is 24.0 Å². The van der Waals surface area contributed by atoms with Crippen molar-refractivity contribution >= 4 is 29.9 Å². The number of ether oxygens (including phenoxy) is 1. The fourth-order valence-corrected chi connectivity index (χ4v) is 3.23. The smallest absolute Gasteiger partial charge is 0.191 e. The van der Waals surface area contributed by atoms with Gasteiger partial charge < -0.3 is 15.4 Å². The molecule has 2 aromatic rings. The van der Waals surface area contributed by atoms with Gasteiger partial charge in [-0.05, 0) is 23.1 Å². The molecule has 0 unspecified atom stereocenters. The molecule has 0 bridgehead atoms. The molecule has 0 radical (unpaired) electrons. The van der Waals surface area contributed by atoms with E-state index in [2.05, 4.69) is 69.1 Å². The highest BCUT2D eigenvalue weighted by Crippen LogP contribution is 2.10. The number of nitrogens with one attached hydrogen (secondary N) is 2. The van der Waals surface area contributed by atoms with Crippen molar-refractivity contribution in [2.45, 2.75) is 19.5 Å². The first-order valence-corrected chi connectivity index (χ1v) is 9.70. The first kappa shape index (κ1) is 22.6. The van der Waals surface area contributed by atoms with E-state index in [4.69, 9.17) is 4.74 Å². The van der Waals surface area contributed by atoms with E-state index in [1.807, 2.05) is 13.1 Å². The topological polar surface area (TPSA) is 48.9 Å². The van der Waals surface area contributed by atoms with Crippen LogP contribution in [0.5, 0.6) is 0 Å². The second-order valence-electron chi connectivity index (χ2n) is 6.80. The molecule has 0 spiro atoms. The van der Waals surface area contributed by atoms with Gasteiger partial charge in [0.15, 0.2) is 5.96 Å². The average Bonchev–Trinajstić information content (AvgIpc) is 2.72. The molecule has 0 atom stereocenters. The molecule has 1 fully saturated rings. The molecule has 3 rings (SSSR count). The van der Waals surface area contributed by atoms with Gasteiger partial charge in [0.05, 0.1) is 13.2 Å². The van der Waals surface area contributed by atoms with E-state index >= 15 is 0 Å². The number of halogens is 1. The SMILES string of the molecule is CN=C(NCCc1ccccc1)NCc1cccc(CN2CCOCC2)c1.I. The molecular formula is C22H31IN4O. The quantitative estimate of drug-likeness (QED) is 0.353. The number of aliphatic imine (C=N–C) groups is 1. The van der Waals surface area contributed by atoms with E-state index < -0.39 is 0 Å². The Kier molecular flexibility index (Phi) is 10.3. The van der Waals surface area contributed by atoms with Gasteiger partial charge in [0, 0.05) is 39.8 Å². The summed E-state index contributed by atoms with van der Waals surface area (Å²) in [6.07, 6.45) is 0.983. The summed E-state index contributed by atoms with van der Waals surface area (Å²) in [4.78, 5) is 6.77. The fraction of sp³-hybridized carbons (Fsp3) is 0.409. The number of nitrogens with zero attached hydrogens (tertiary/aromatic N) is 2. The van der Waals surface area contributed by atoms with Crippen LogP contribution in [0.3, 0.4) is 0 Å². The Hall–Kier alpha value is -1.64. The van der Waals surface area contributed by atoms with Crippen LogP contribution in [-0.2, 0) is 24.2 Å². The monoisotopic (exact) mass is 494 g/mol. The van der Waals surface area contributed by atoms with Crippen LogP contribution < -0.4 is 10.6 Å².